The lowest BCUT2D eigenvalue weighted by Crippen LogP contribution is -2.35. The SMILES string of the molecule is O=C(O)CCN(C(=O)c1cccnc1Br)C1CC1. The Morgan fingerprint density at radius 2 is 2.22 bits per heavy atom. The lowest BCUT2D eigenvalue weighted by Gasteiger charge is -2.21. The highest BCUT2D eigenvalue weighted by molar-refractivity contribution is 9.10. The Labute approximate surface area is 113 Å². The van der Waals surface area contributed by atoms with Crippen molar-refractivity contribution >= 4 is 27.8 Å². The fourth-order valence-electron chi connectivity index (χ4n) is 1.75. The number of amides is 1. The molecule has 1 aromatic rings. The number of carboxylic acid groups (broad SMARTS) is 1. The van der Waals surface area contributed by atoms with Crippen LogP contribution in [0.15, 0.2) is 22.9 Å². The van der Waals surface area contributed by atoms with Crippen LogP contribution in [0.3, 0.4) is 0 Å². The molecule has 0 unspecified atom stereocenters. The molecule has 0 spiro atoms. The van der Waals surface area contributed by atoms with Gasteiger partial charge in [0.05, 0.1) is 12.0 Å². The first-order valence-electron chi connectivity index (χ1n) is 5.73. The first-order valence-corrected chi connectivity index (χ1v) is 6.52. The third kappa shape index (κ3) is 3.07. The van der Waals surface area contributed by atoms with Gasteiger partial charge in [-0.25, -0.2) is 4.98 Å². The number of carbonyl (C=O) groups excluding carboxylic acids is 1. The second kappa shape index (κ2) is 5.48. The van der Waals surface area contributed by atoms with Crippen LogP contribution in [0.4, 0.5) is 0 Å². The number of hydrogen-bond donors (Lipinski definition) is 1. The Morgan fingerprint density at radius 3 is 2.78 bits per heavy atom. The summed E-state index contributed by atoms with van der Waals surface area (Å²) in [7, 11) is 0. The largest absolute Gasteiger partial charge is 0.481 e. The summed E-state index contributed by atoms with van der Waals surface area (Å²) in [4.78, 5) is 28.6. The summed E-state index contributed by atoms with van der Waals surface area (Å²) in [5.41, 5.74) is 0.481. The minimum absolute atomic E-state index is 0.0277. The van der Waals surface area contributed by atoms with Gasteiger partial charge in [0.2, 0.25) is 0 Å². The van der Waals surface area contributed by atoms with Gasteiger partial charge in [-0.1, -0.05) is 0 Å². The highest BCUT2D eigenvalue weighted by atomic mass is 79.9. The van der Waals surface area contributed by atoms with E-state index in [-0.39, 0.29) is 24.9 Å². The summed E-state index contributed by atoms with van der Waals surface area (Å²) >= 11 is 3.24. The normalized spacial score (nSPS) is 14.3. The molecule has 18 heavy (non-hydrogen) atoms. The van der Waals surface area contributed by atoms with Gasteiger partial charge in [0.15, 0.2) is 0 Å². The van der Waals surface area contributed by atoms with E-state index in [0.717, 1.165) is 12.8 Å². The predicted molar refractivity (Wildman–Crippen MR) is 68.2 cm³/mol. The van der Waals surface area contributed by atoms with Crippen molar-refractivity contribution in [1.82, 2.24) is 9.88 Å². The van der Waals surface area contributed by atoms with Crippen molar-refractivity contribution < 1.29 is 14.7 Å². The Morgan fingerprint density at radius 1 is 1.50 bits per heavy atom. The molecule has 1 saturated carbocycles. The Bertz CT molecular complexity index is 474. The van der Waals surface area contributed by atoms with Crippen LogP contribution in [-0.4, -0.2) is 39.5 Å². The fraction of sp³-hybridized carbons (Fsp3) is 0.417. The van der Waals surface area contributed by atoms with Gasteiger partial charge >= 0.3 is 5.97 Å². The smallest absolute Gasteiger partial charge is 0.305 e. The number of carboxylic acids is 1. The lowest BCUT2D eigenvalue weighted by molar-refractivity contribution is -0.137. The minimum atomic E-state index is -0.890. The maximum atomic E-state index is 12.3. The van der Waals surface area contributed by atoms with Crippen LogP contribution in [-0.2, 0) is 4.79 Å². The van der Waals surface area contributed by atoms with Gasteiger partial charge in [-0.2, -0.15) is 0 Å². The van der Waals surface area contributed by atoms with Gasteiger partial charge in [-0.05, 0) is 40.9 Å². The predicted octanol–water partition coefficient (Wildman–Crippen LogP) is 1.92. The van der Waals surface area contributed by atoms with Gasteiger partial charge in [0.1, 0.15) is 4.60 Å². The quantitative estimate of drug-likeness (QED) is 0.843. The molecule has 5 nitrogen and oxygen atoms in total. The zero-order chi connectivity index (χ0) is 13.1. The van der Waals surface area contributed by atoms with Crippen molar-refractivity contribution in [2.24, 2.45) is 0 Å². The number of pyridine rings is 1. The molecule has 0 saturated heterocycles. The third-order valence-electron chi connectivity index (χ3n) is 2.80. The molecule has 0 atom stereocenters. The second-order valence-electron chi connectivity index (χ2n) is 4.22. The third-order valence-corrected chi connectivity index (χ3v) is 3.44. The summed E-state index contributed by atoms with van der Waals surface area (Å²) in [5, 5.41) is 8.71. The van der Waals surface area contributed by atoms with Gasteiger partial charge in [0.25, 0.3) is 5.91 Å². The van der Waals surface area contributed by atoms with Crippen molar-refractivity contribution in [3.8, 4) is 0 Å². The molecule has 1 aliphatic carbocycles. The molecule has 6 heteroatoms. The number of halogens is 1. The summed E-state index contributed by atoms with van der Waals surface area (Å²) in [5.74, 6) is -1.04. The summed E-state index contributed by atoms with van der Waals surface area (Å²) < 4.78 is 0.496. The molecule has 2 rings (SSSR count). The van der Waals surface area contributed by atoms with Crippen LogP contribution in [0.25, 0.3) is 0 Å². The van der Waals surface area contributed by atoms with Gasteiger partial charge in [-0.15, -0.1) is 0 Å². The average Bonchev–Trinajstić information content (AvgIpc) is 3.13. The van der Waals surface area contributed by atoms with E-state index in [0.29, 0.717) is 10.2 Å². The van der Waals surface area contributed by atoms with Crippen LogP contribution >= 0.6 is 15.9 Å². The molecule has 96 valence electrons. The molecule has 1 fully saturated rings. The Kier molecular flexibility index (Phi) is 3.96. The highest BCUT2D eigenvalue weighted by Crippen LogP contribution is 2.29. The fourth-order valence-corrected chi connectivity index (χ4v) is 2.17. The molecule has 0 aliphatic heterocycles. The monoisotopic (exact) mass is 312 g/mol. The molecule has 0 aromatic carbocycles. The Hall–Kier alpha value is -1.43. The zero-order valence-corrected chi connectivity index (χ0v) is 11.3. The van der Waals surface area contributed by atoms with E-state index in [2.05, 4.69) is 20.9 Å². The first-order chi connectivity index (χ1) is 8.59. The Balaban J connectivity index is 2.13. The topological polar surface area (TPSA) is 70.5 Å². The van der Waals surface area contributed by atoms with Crippen LogP contribution in [0.1, 0.15) is 29.6 Å². The molecule has 0 radical (unpaired) electrons. The van der Waals surface area contributed by atoms with Gasteiger partial charge < -0.3 is 10.0 Å². The standard InChI is InChI=1S/C12H13BrN2O3/c13-11-9(2-1-6-14-11)12(18)15(8-3-4-8)7-5-10(16)17/h1-2,6,8H,3-5,7H2,(H,16,17). The van der Waals surface area contributed by atoms with Crippen molar-refractivity contribution in [1.29, 1.82) is 0 Å². The van der Waals surface area contributed by atoms with E-state index in [1.807, 2.05) is 0 Å². The molecule has 1 N–H and O–H groups in total. The van der Waals surface area contributed by atoms with E-state index in [1.54, 1.807) is 23.2 Å². The molecule has 1 aromatic heterocycles. The lowest BCUT2D eigenvalue weighted by atomic mass is 10.2. The maximum absolute atomic E-state index is 12.3. The van der Waals surface area contributed by atoms with E-state index >= 15 is 0 Å². The average molecular weight is 313 g/mol. The highest BCUT2D eigenvalue weighted by Gasteiger charge is 2.33. The second-order valence-corrected chi connectivity index (χ2v) is 4.97. The number of aliphatic carboxylic acids is 1. The number of aromatic nitrogens is 1. The molecule has 1 aliphatic rings. The molecular formula is C12H13BrN2O3. The van der Waals surface area contributed by atoms with E-state index in [9.17, 15) is 9.59 Å². The van der Waals surface area contributed by atoms with Crippen molar-refractivity contribution in [2.45, 2.75) is 25.3 Å². The molecule has 1 amide bonds. The summed E-state index contributed by atoms with van der Waals surface area (Å²) in [6, 6.07) is 3.57. The van der Waals surface area contributed by atoms with Crippen molar-refractivity contribution in [2.75, 3.05) is 6.54 Å². The maximum Gasteiger partial charge on any atom is 0.305 e. The zero-order valence-electron chi connectivity index (χ0n) is 9.67. The van der Waals surface area contributed by atoms with Gasteiger partial charge in [-0.3, -0.25) is 9.59 Å². The number of nitrogens with zero attached hydrogens (tertiary/aromatic N) is 2. The summed E-state index contributed by atoms with van der Waals surface area (Å²) in [6.07, 6.45) is 3.46. The van der Waals surface area contributed by atoms with E-state index < -0.39 is 5.97 Å². The first kappa shape index (κ1) is 13.0. The van der Waals surface area contributed by atoms with Crippen molar-refractivity contribution in [3.05, 3.63) is 28.5 Å². The van der Waals surface area contributed by atoms with Crippen LogP contribution in [0.2, 0.25) is 0 Å². The molecular weight excluding hydrogens is 300 g/mol. The number of rotatable bonds is 5. The van der Waals surface area contributed by atoms with E-state index in [1.165, 1.54) is 0 Å². The minimum Gasteiger partial charge on any atom is -0.481 e. The van der Waals surface area contributed by atoms with Crippen LogP contribution in [0, 0.1) is 0 Å². The number of carbonyl (C=O) groups is 2. The molecule has 0 bridgehead atoms. The van der Waals surface area contributed by atoms with Crippen LogP contribution < -0.4 is 0 Å². The molecule has 1 heterocycles. The van der Waals surface area contributed by atoms with E-state index in [4.69, 9.17) is 5.11 Å². The van der Waals surface area contributed by atoms with Gasteiger partial charge in [0, 0.05) is 18.8 Å². The summed E-state index contributed by atoms with van der Waals surface area (Å²) in [6.45, 7) is 0.250. The number of hydrogen-bond acceptors (Lipinski definition) is 3. The van der Waals surface area contributed by atoms with Crippen molar-refractivity contribution in [3.63, 3.8) is 0 Å². The van der Waals surface area contributed by atoms with Crippen LogP contribution in [0.5, 0.6) is 0 Å².